The maximum Gasteiger partial charge on any atom is 0.0489 e. The van der Waals surface area contributed by atoms with Crippen molar-refractivity contribution in [1.82, 2.24) is 0 Å². The van der Waals surface area contributed by atoms with Gasteiger partial charge in [-0.05, 0) is 22.3 Å². The smallest absolute Gasteiger partial charge is 0.0489 e. The first-order chi connectivity index (χ1) is 10.8. The molecule has 0 saturated carbocycles. The minimum absolute atomic E-state index is 0.601. The van der Waals surface area contributed by atoms with Crippen molar-refractivity contribution in [2.45, 2.75) is 11.5 Å². The molecule has 2 heteroatoms. The fraction of sp³-hybridized carbons (Fsp3) is 0.100. The van der Waals surface area contributed by atoms with Crippen LogP contribution in [0, 0.1) is 0 Å². The van der Waals surface area contributed by atoms with Crippen molar-refractivity contribution in [3.05, 3.63) is 96.1 Å². The third kappa shape index (κ3) is 3.92. The molecule has 0 spiro atoms. The van der Waals surface area contributed by atoms with Gasteiger partial charge in [-0.25, -0.2) is 0 Å². The monoisotopic (exact) mass is 306 g/mol. The van der Waals surface area contributed by atoms with E-state index in [1.54, 1.807) is 0 Å². The molecule has 0 heterocycles. The van der Waals surface area contributed by atoms with Gasteiger partial charge >= 0.3 is 0 Å². The first-order valence-corrected chi connectivity index (χ1v) is 8.83. The summed E-state index contributed by atoms with van der Waals surface area (Å²) in [5.74, 6) is 1.21. The number of hydrogen-bond donors (Lipinski definition) is 0. The van der Waals surface area contributed by atoms with Gasteiger partial charge in [-0.1, -0.05) is 84.9 Å². The second-order valence-corrected chi connectivity index (χ2v) is 6.73. The molecule has 0 fully saturated rings. The van der Waals surface area contributed by atoms with Gasteiger partial charge in [0.05, 0.1) is 0 Å². The Morgan fingerprint density at radius 1 is 0.545 bits per heavy atom. The van der Waals surface area contributed by atoms with Gasteiger partial charge in [0.25, 0.3) is 0 Å². The highest BCUT2D eigenvalue weighted by molar-refractivity contribution is 7.83. The zero-order chi connectivity index (χ0) is 15.2. The van der Waals surface area contributed by atoms with Gasteiger partial charge in [-0.2, -0.15) is 0 Å². The van der Waals surface area contributed by atoms with E-state index < -0.39 is 10.8 Å². The quantitative estimate of drug-likeness (QED) is 0.661. The third-order valence-electron chi connectivity index (χ3n) is 3.56. The Labute approximate surface area is 134 Å². The lowest BCUT2D eigenvalue weighted by Crippen LogP contribution is -1.99. The number of hydrogen-bond acceptors (Lipinski definition) is 1. The van der Waals surface area contributed by atoms with E-state index in [9.17, 15) is 4.21 Å². The van der Waals surface area contributed by atoms with Gasteiger partial charge in [-0.15, -0.1) is 0 Å². The minimum atomic E-state index is -0.873. The highest BCUT2D eigenvalue weighted by Gasteiger charge is 2.04. The van der Waals surface area contributed by atoms with E-state index in [1.807, 2.05) is 48.5 Å². The van der Waals surface area contributed by atoms with Crippen molar-refractivity contribution < 1.29 is 4.21 Å². The predicted octanol–water partition coefficient (Wildman–Crippen LogP) is 4.80. The highest BCUT2D eigenvalue weighted by Crippen LogP contribution is 2.20. The molecule has 0 aromatic heterocycles. The van der Waals surface area contributed by atoms with Gasteiger partial charge in [0.1, 0.15) is 0 Å². The summed E-state index contributed by atoms with van der Waals surface area (Å²) in [4.78, 5) is 0. The average Bonchev–Trinajstić information content (AvgIpc) is 2.57. The van der Waals surface area contributed by atoms with Crippen molar-refractivity contribution in [3.8, 4) is 11.1 Å². The highest BCUT2D eigenvalue weighted by atomic mass is 32.2. The number of benzene rings is 3. The van der Waals surface area contributed by atoms with Crippen LogP contribution < -0.4 is 0 Å². The van der Waals surface area contributed by atoms with Crippen LogP contribution in [-0.2, 0) is 22.3 Å². The summed E-state index contributed by atoms with van der Waals surface area (Å²) >= 11 is 0. The van der Waals surface area contributed by atoms with Crippen LogP contribution in [0.1, 0.15) is 11.1 Å². The fourth-order valence-corrected chi connectivity index (χ4v) is 3.65. The Hall–Kier alpha value is -2.19. The Morgan fingerprint density at radius 2 is 1.00 bits per heavy atom. The molecule has 110 valence electrons. The molecule has 0 aliphatic carbocycles. The lowest BCUT2D eigenvalue weighted by molar-refractivity contribution is 0.682. The molecular weight excluding hydrogens is 288 g/mol. The lowest BCUT2D eigenvalue weighted by Gasteiger charge is -2.05. The van der Waals surface area contributed by atoms with E-state index >= 15 is 0 Å². The Kier molecular flexibility index (Phi) is 4.81. The molecule has 0 aliphatic heterocycles. The summed E-state index contributed by atoms with van der Waals surface area (Å²) in [6.07, 6.45) is 0. The largest absolute Gasteiger partial charge is 0.259 e. The molecule has 0 N–H and O–H groups in total. The summed E-state index contributed by atoms with van der Waals surface area (Å²) < 4.78 is 12.2. The van der Waals surface area contributed by atoms with Gasteiger partial charge in [0.2, 0.25) is 0 Å². The molecule has 3 aromatic rings. The van der Waals surface area contributed by atoms with E-state index in [2.05, 4.69) is 36.4 Å². The first-order valence-electron chi connectivity index (χ1n) is 7.34. The molecule has 0 aliphatic rings. The number of rotatable bonds is 5. The molecule has 1 unspecified atom stereocenters. The van der Waals surface area contributed by atoms with E-state index in [0.29, 0.717) is 11.5 Å². The predicted molar refractivity (Wildman–Crippen MR) is 93.9 cm³/mol. The van der Waals surface area contributed by atoms with Crippen molar-refractivity contribution in [2.75, 3.05) is 0 Å². The molecule has 22 heavy (non-hydrogen) atoms. The molecule has 0 bridgehead atoms. The molecule has 0 radical (unpaired) electrons. The maximum absolute atomic E-state index is 12.2. The minimum Gasteiger partial charge on any atom is -0.259 e. The van der Waals surface area contributed by atoms with Gasteiger partial charge in [-0.3, -0.25) is 4.21 Å². The molecule has 3 aromatic carbocycles. The second kappa shape index (κ2) is 7.19. The molecule has 0 saturated heterocycles. The zero-order valence-electron chi connectivity index (χ0n) is 12.3. The van der Waals surface area contributed by atoms with Crippen LogP contribution in [0.4, 0.5) is 0 Å². The summed E-state index contributed by atoms with van der Waals surface area (Å²) in [5.41, 5.74) is 4.65. The van der Waals surface area contributed by atoms with Crippen LogP contribution in [-0.4, -0.2) is 4.21 Å². The zero-order valence-corrected chi connectivity index (χ0v) is 13.1. The Morgan fingerprint density at radius 3 is 1.59 bits per heavy atom. The van der Waals surface area contributed by atoms with E-state index in [4.69, 9.17) is 0 Å². The van der Waals surface area contributed by atoms with Crippen LogP contribution in [0.15, 0.2) is 84.9 Å². The van der Waals surface area contributed by atoms with Crippen LogP contribution in [0.5, 0.6) is 0 Å². The SMILES string of the molecule is O=S(Cc1ccccc1)Cc1ccc(-c2ccccc2)cc1. The average molecular weight is 306 g/mol. The Bertz CT molecular complexity index is 734. The van der Waals surface area contributed by atoms with Crippen molar-refractivity contribution >= 4 is 10.8 Å². The van der Waals surface area contributed by atoms with Crippen LogP contribution in [0.2, 0.25) is 0 Å². The second-order valence-electron chi connectivity index (χ2n) is 5.28. The summed E-state index contributed by atoms with van der Waals surface area (Å²) in [7, 11) is -0.873. The topological polar surface area (TPSA) is 17.1 Å². The third-order valence-corrected chi connectivity index (χ3v) is 4.87. The van der Waals surface area contributed by atoms with E-state index in [-0.39, 0.29) is 0 Å². The fourth-order valence-electron chi connectivity index (χ4n) is 2.42. The Balaban J connectivity index is 1.65. The summed E-state index contributed by atoms with van der Waals surface area (Å²) in [6, 6.07) is 28.7. The lowest BCUT2D eigenvalue weighted by atomic mass is 10.0. The summed E-state index contributed by atoms with van der Waals surface area (Å²) in [5, 5.41) is 0. The van der Waals surface area contributed by atoms with Gasteiger partial charge < -0.3 is 0 Å². The van der Waals surface area contributed by atoms with Crippen molar-refractivity contribution in [2.24, 2.45) is 0 Å². The standard InChI is InChI=1S/C20H18OS/c21-22(15-17-7-3-1-4-8-17)16-18-11-13-20(14-12-18)19-9-5-2-6-10-19/h1-14H,15-16H2. The van der Waals surface area contributed by atoms with Gasteiger partial charge in [0, 0.05) is 22.3 Å². The van der Waals surface area contributed by atoms with Crippen LogP contribution in [0.25, 0.3) is 11.1 Å². The maximum atomic E-state index is 12.2. The first kappa shape index (κ1) is 14.7. The molecule has 1 nitrogen and oxygen atoms in total. The van der Waals surface area contributed by atoms with E-state index in [1.165, 1.54) is 11.1 Å². The van der Waals surface area contributed by atoms with Crippen molar-refractivity contribution in [3.63, 3.8) is 0 Å². The molecule has 3 rings (SSSR count). The summed E-state index contributed by atoms with van der Waals surface area (Å²) in [6.45, 7) is 0. The van der Waals surface area contributed by atoms with Crippen LogP contribution in [0.3, 0.4) is 0 Å². The van der Waals surface area contributed by atoms with E-state index in [0.717, 1.165) is 11.1 Å². The van der Waals surface area contributed by atoms with Gasteiger partial charge in [0.15, 0.2) is 0 Å². The van der Waals surface area contributed by atoms with Crippen molar-refractivity contribution in [1.29, 1.82) is 0 Å². The molecular formula is C20H18OS. The normalized spacial score (nSPS) is 12.0. The molecule has 0 amide bonds. The molecule has 1 atom stereocenters. The van der Waals surface area contributed by atoms with Crippen LogP contribution >= 0.6 is 0 Å².